The van der Waals surface area contributed by atoms with E-state index in [1.54, 1.807) is 0 Å². The molecule has 1 fully saturated rings. The third-order valence-corrected chi connectivity index (χ3v) is 6.61. The summed E-state index contributed by atoms with van der Waals surface area (Å²) in [7, 11) is 0. The molecule has 1 amide bonds. The Morgan fingerprint density at radius 2 is 1.72 bits per heavy atom. The largest absolute Gasteiger partial charge is 0.372 e. The van der Waals surface area contributed by atoms with Crippen molar-refractivity contribution in [3.05, 3.63) is 84.2 Å². The van der Waals surface area contributed by atoms with Gasteiger partial charge in [0.25, 0.3) is 0 Å². The van der Waals surface area contributed by atoms with Crippen LogP contribution in [0.15, 0.2) is 72.9 Å². The highest BCUT2D eigenvalue weighted by molar-refractivity contribution is 5.84. The molecule has 1 aromatic heterocycles. The third-order valence-electron chi connectivity index (χ3n) is 6.61. The molecule has 0 radical (unpaired) electrons. The Balaban J connectivity index is 1.38. The minimum Gasteiger partial charge on any atom is -0.372 e. The lowest BCUT2D eigenvalue weighted by atomic mass is 9.81. The number of amides is 1. The zero-order chi connectivity index (χ0) is 19.8. The van der Waals surface area contributed by atoms with Crippen molar-refractivity contribution in [3.8, 4) is 5.69 Å². The topological polar surface area (TPSA) is 37.3 Å². The zero-order valence-electron chi connectivity index (χ0n) is 16.8. The van der Waals surface area contributed by atoms with Crippen molar-refractivity contribution in [2.75, 3.05) is 18.4 Å². The number of rotatable bonds is 3. The van der Waals surface area contributed by atoms with E-state index >= 15 is 0 Å². The van der Waals surface area contributed by atoms with Crippen LogP contribution < -0.4 is 5.32 Å². The van der Waals surface area contributed by atoms with Crippen LogP contribution in [0.1, 0.15) is 43.4 Å². The van der Waals surface area contributed by atoms with Gasteiger partial charge in [0.2, 0.25) is 5.91 Å². The van der Waals surface area contributed by atoms with Crippen LogP contribution in [0.4, 0.5) is 5.69 Å². The monoisotopic (exact) mass is 385 g/mol. The summed E-state index contributed by atoms with van der Waals surface area (Å²) in [6.45, 7) is 3.67. The molecule has 3 heterocycles. The maximum absolute atomic E-state index is 13.3. The second kappa shape index (κ2) is 7.11. The Bertz CT molecular complexity index is 1020. The van der Waals surface area contributed by atoms with E-state index < -0.39 is 0 Å². The van der Waals surface area contributed by atoms with E-state index in [4.69, 9.17) is 0 Å². The molecule has 2 aromatic carbocycles. The van der Waals surface area contributed by atoms with E-state index in [0.717, 1.165) is 37.9 Å². The summed E-state index contributed by atoms with van der Waals surface area (Å²) in [5, 5.41) is 3.83. The number of fused-ring (bicyclic) bond motifs is 4. The van der Waals surface area contributed by atoms with Crippen LogP contribution in [-0.4, -0.2) is 28.5 Å². The number of piperidine rings is 1. The molecule has 148 valence electrons. The van der Waals surface area contributed by atoms with Crippen molar-refractivity contribution in [1.82, 2.24) is 9.47 Å². The minimum atomic E-state index is -0.108. The van der Waals surface area contributed by atoms with Crippen LogP contribution in [0.3, 0.4) is 0 Å². The molecule has 1 spiro atoms. The Morgan fingerprint density at radius 3 is 2.48 bits per heavy atom. The first-order valence-corrected chi connectivity index (χ1v) is 10.6. The normalized spacial score (nSPS) is 17.9. The molecule has 2 aliphatic heterocycles. The maximum atomic E-state index is 13.3. The minimum absolute atomic E-state index is 0.0471. The van der Waals surface area contributed by atoms with Crippen molar-refractivity contribution in [3.63, 3.8) is 0 Å². The summed E-state index contributed by atoms with van der Waals surface area (Å²) < 4.78 is 2.31. The number of hydrogen-bond acceptors (Lipinski definition) is 2. The Kier molecular flexibility index (Phi) is 4.42. The molecule has 4 nitrogen and oxygen atoms in total. The molecule has 0 bridgehead atoms. The van der Waals surface area contributed by atoms with E-state index in [9.17, 15) is 4.79 Å². The van der Waals surface area contributed by atoms with Crippen molar-refractivity contribution >= 4 is 11.6 Å². The van der Waals surface area contributed by atoms with Gasteiger partial charge in [-0.2, -0.15) is 0 Å². The molecule has 2 aliphatic rings. The standard InChI is InChI=1S/C25H27N3O/c1-2-20(19-9-4-3-5-10-19)24(29)27-17-14-25(15-18-27)23-13-8-16-28(23)22-12-7-6-11-21(22)26-25/h3-13,16,20,26H,2,14-15,17-18H2,1H3. The average Bonchev–Trinajstić information content (AvgIpc) is 3.27. The van der Waals surface area contributed by atoms with E-state index in [1.165, 1.54) is 17.1 Å². The van der Waals surface area contributed by atoms with Gasteiger partial charge in [0.1, 0.15) is 0 Å². The number of nitrogens with zero attached hydrogens (tertiary/aromatic N) is 2. The number of benzene rings is 2. The van der Waals surface area contributed by atoms with Crippen LogP contribution in [0.25, 0.3) is 5.69 Å². The van der Waals surface area contributed by atoms with Crippen molar-refractivity contribution < 1.29 is 4.79 Å². The summed E-state index contributed by atoms with van der Waals surface area (Å²) in [6, 6.07) is 23.0. The van der Waals surface area contributed by atoms with Gasteiger partial charge in [-0.05, 0) is 49.1 Å². The predicted octanol–water partition coefficient (Wildman–Crippen LogP) is 4.91. The smallest absolute Gasteiger partial charge is 0.230 e. The van der Waals surface area contributed by atoms with Gasteiger partial charge >= 0.3 is 0 Å². The van der Waals surface area contributed by atoms with E-state index in [0.29, 0.717) is 0 Å². The fraction of sp³-hybridized carbons (Fsp3) is 0.320. The summed E-state index contributed by atoms with van der Waals surface area (Å²) in [5.41, 5.74) is 4.69. The average molecular weight is 386 g/mol. The van der Waals surface area contributed by atoms with Gasteiger partial charge in [0.05, 0.1) is 22.8 Å². The lowest BCUT2D eigenvalue weighted by Crippen LogP contribution is -2.51. The molecule has 1 saturated heterocycles. The summed E-state index contributed by atoms with van der Waals surface area (Å²) >= 11 is 0. The van der Waals surface area contributed by atoms with Crippen LogP contribution >= 0.6 is 0 Å². The maximum Gasteiger partial charge on any atom is 0.230 e. The molecule has 1 atom stereocenters. The quantitative estimate of drug-likeness (QED) is 0.695. The fourth-order valence-electron chi connectivity index (χ4n) is 5.04. The number of aromatic nitrogens is 1. The molecule has 0 aliphatic carbocycles. The van der Waals surface area contributed by atoms with Gasteiger partial charge in [-0.3, -0.25) is 4.79 Å². The second-order valence-electron chi connectivity index (χ2n) is 8.18. The second-order valence-corrected chi connectivity index (χ2v) is 8.18. The van der Waals surface area contributed by atoms with E-state index in [2.05, 4.69) is 76.4 Å². The Labute approximate surface area is 172 Å². The SMILES string of the molecule is CCC(C(=O)N1CCC2(CC1)Nc1ccccc1-n1cccc12)c1ccccc1. The van der Waals surface area contributed by atoms with Gasteiger partial charge in [-0.15, -0.1) is 0 Å². The van der Waals surface area contributed by atoms with Gasteiger partial charge in [0, 0.05) is 25.0 Å². The van der Waals surface area contributed by atoms with Gasteiger partial charge < -0.3 is 14.8 Å². The van der Waals surface area contributed by atoms with Crippen LogP contribution in [0.5, 0.6) is 0 Å². The number of para-hydroxylation sites is 2. The highest BCUT2D eigenvalue weighted by atomic mass is 16.2. The molecular formula is C25H27N3O. The highest BCUT2D eigenvalue weighted by Crippen LogP contribution is 2.43. The molecule has 5 rings (SSSR count). The summed E-state index contributed by atoms with van der Waals surface area (Å²) in [4.78, 5) is 15.4. The van der Waals surface area contributed by atoms with E-state index in [1.807, 2.05) is 18.2 Å². The van der Waals surface area contributed by atoms with Crippen molar-refractivity contribution in [1.29, 1.82) is 0 Å². The lowest BCUT2D eigenvalue weighted by Gasteiger charge is -2.46. The molecule has 1 unspecified atom stereocenters. The Morgan fingerprint density at radius 1 is 1.00 bits per heavy atom. The lowest BCUT2D eigenvalue weighted by molar-refractivity contribution is -0.134. The van der Waals surface area contributed by atoms with Crippen LogP contribution in [-0.2, 0) is 10.3 Å². The molecule has 1 N–H and O–H groups in total. The first-order chi connectivity index (χ1) is 14.2. The van der Waals surface area contributed by atoms with E-state index in [-0.39, 0.29) is 17.4 Å². The summed E-state index contributed by atoms with van der Waals surface area (Å²) in [6.07, 6.45) is 4.82. The van der Waals surface area contributed by atoms with Crippen LogP contribution in [0, 0.1) is 0 Å². The molecule has 3 aromatic rings. The number of anilines is 1. The van der Waals surface area contributed by atoms with Crippen molar-refractivity contribution in [2.45, 2.75) is 37.6 Å². The molecule has 4 heteroatoms. The van der Waals surface area contributed by atoms with Gasteiger partial charge in [0.15, 0.2) is 0 Å². The molecule has 0 saturated carbocycles. The summed E-state index contributed by atoms with van der Waals surface area (Å²) in [5.74, 6) is 0.217. The fourth-order valence-corrected chi connectivity index (χ4v) is 5.04. The number of likely N-dealkylation sites (tertiary alicyclic amines) is 1. The van der Waals surface area contributed by atoms with Gasteiger partial charge in [-0.25, -0.2) is 0 Å². The first-order valence-electron chi connectivity index (χ1n) is 10.6. The molecular weight excluding hydrogens is 358 g/mol. The number of hydrogen-bond donors (Lipinski definition) is 1. The molecule has 29 heavy (non-hydrogen) atoms. The Hall–Kier alpha value is -3.01. The van der Waals surface area contributed by atoms with Gasteiger partial charge in [-0.1, -0.05) is 49.4 Å². The predicted molar refractivity (Wildman–Crippen MR) is 116 cm³/mol. The highest BCUT2D eigenvalue weighted by Gasteiger charge is 2.42. The third kappa shape index (κ3) is 2.94. The van der Waals surface area contributed by atoms with Crippen LogP contribution in [0.2, 0.25) is 0 Å². The van der Waals surface area contributed by atoms with Crippen molar-refractivity contribution in [2.24, 2.45) is 0 Å². The zero-order valence-corrected chi connectivity index (χ0v) is 16.8. The number of nitrogens with one attached hydrogen (secondary N) is 1. The number of carbonyl (C=O) groups excluding carboxylic acids is 1. The first kappa shape index (κ1) is 18.0. The number of carbonyl (C=O) groups is 1.